The third kappa shape index (κ3) is 6.64. The first kappa shape index (κ1) is 16.4. The normalized spacial score (nSPS) is 12.8. The van der Waals surface area contributed by atoms with Crippen molar-refractivity contribution in [2.45, 2.75) is 52.5 Å². The minimum absolute atomic E-state index is 0.0866. The smallest absolute Gasteiger partial charge is 0.323 e. The predicted molar refractivity (Wildman–Crippen MR) is 68.9 cm³/mol. The van der Waals surface area contributed by atoms with Crippen molar-refractivity contribution in [2.75, 3.05) is 26.3 Å². The van der Waals surface area contributed by atoms with E-state index in [0.717, 1.165) is 32.2 Å². The molecule has 0 saturated carbocycles. The molecule has 0 saturated heterocycles. The van der Waals surface area contributed by atoms with Gasteiger partial charge in [0.15, 0.2) is 0 Å². The molecule has 0 aromatic heterocycles. The number of esters is 1. The molecule has 102 valence electrons. The quantitative estimate of drug-likeness (QED) is 0.596. The van der Waals surface area contributed by atoms with Crippen LogP contribution >= 0.6 is 0 Å². The van der Waals surface area contributed by atoms with Crippen molar-refractivity contribution in [1.29, 1.82) is 0 Å². The Bertz CT molecular complexity index is 197. The number of hydrogen-bond acceptors (Lipinski definition) is 4. The summed E-state index contributed by atoms with van der Waals surface area (Å²) in [5, 5.41) is 9.07. The van der Waals surface area contributed by atoms with Crippen molar-refractivity contribution in [3.63, 3.8) is 0 Å². The van der Waals surface area contributed by atoms with Crippen LogP contribution in [0.5, 0.6) is 0 Å². The second-order valence-electron chi connectivity index (χ2n) is 4.17. The topological polar surface area (TPSA) is 49.8 Å². The van der Waals surface area contributed by atoms with Gasteiger partial charge in [0.1, 0.15) is 6.04 Å². The molecule has 0 spiro atoms. The predicted octanol–water partition coefficient (Wildman–Crippen LogP) is 1.81. The van der Waals surface area contributed by atoms with E-state index in [4.69, 9.17) is 9.84 Å². The lowest BCUT2D eigenvalue weighted by atomic mass is 10.1. The summed E-state index contributed by atoms with van der Waals surface area (Å²) in [6.07, 6.45) is 3.86. The Morgan fingerprint density at radius 2 is 1.94 bits per heavy atom. The van der Waals surface area contributed by atoms with Crippen molar-refractivity contribution in [2.24, 2.45) is 0 Å². The van der Waals surface area contributed by atoms with E-state index in [2.05, 4.69) is 13.8 Å². The van der Waals surface area contributed by atoms with Gasteiger partial charge in [-0.1, -0.05) is 26.7 Å². The highest BCUT2D eigenvalue weighted by atomic mass is 16.5. The van der Waals surface area contributed by atoms with Crippen LogP contribution in [0.3, 0.4) is 0 Å². The monoisotopic (exact) mass is 245 g/mol. The highest BCUT2D eigenvalue weighted by Crippen LogP contribution is 2.10. The van der Waals surface area contributed by atoms with Crippen molar-refractivity contribution in [3.05, 3.63) is 0 Å². The zero-order chi connectivity index (χ0) is 13.1. The summed E-state index contributed by atoms with van der Waals surface area (Å²) in [6.45, 7) is 7.90. The van der Waals surface area contributed by atoms with Gasteiger partial charge in [-0.15, -0.1) is 0 Å². The Morgan fingerprint density at radius 1 is 1.24 bits per heavy atom. The number of carbonyl (C=O) groups is 1. The first-order valence-corrected chi connectivity index (χ1v) is 6.72. The molecule has 0 rings (SSSR count). The largest absolute Gasteiger partial charge is 0.465 e. The molecular formula is C13H27NO3. The van der Waals surface area contributed by atoms with Crippen LogP contribution in [0.2, 0.25) is 0 Å². The van der Waals surface area contributed by atoms with Crippen molar-refractivity contribution in [1.82, 2.24) is 4.90 Å². The van der Waals surface area contributed by atoms with Crippen molar-refractivity contribution < 1.29 is 14.6 Å². The van der Waals surface area contributed by atoms with Crippen LogP contribution in [0.1, 0.15) is 46.5 Å². The van der Waals surface area contributed by atoms with E-state index in [1.165, 1.54) is 0 Å². The minimum Gasteiger partial charge on any atom is -0.465 e. The fourth-order valence-electron chi connectivity index (χ4n) is 1.87. The maximum atomic E-state index is 11.9. The van der Waals surface area contributed by atoms with Crippen LogP contribution < -0.4 is 0 Å². The van der Waals surface area contributed by atoms with E-state index < -0.39 is 0 Å². The SMILES string of the molecule is CCCCN(CCO)C(CCC)C(=O)OCC. The third-order valence-electron chi connectivity index (χ3n) is 2.75. The molecule has 1 unspecified atom stereocenters. The number of nitrogens with zero attached hydrogens (tertiary/aromatic N) is 1. The van der Waals surface area contributed by atoms with Gasteiger partial charge in [0.25, 0.3) is 0 Å². The van der Waals surface area contributed by atoms with Gasteiger partial charge in [-0.25, -0.2) is 0 Å². The maximum Gasteiger partial charge on any atom is 0.323 e. The summed E-state index contributed by atoms with van der Waals surface area (Å²) in [5.41, 5.74) is 0. The van der Waals surface area contributed by atoms with E-state index in [1.807, 2.05) is 11.8 Å². The first-order chi connectivity index (χ1) is 8.21. The highest BCUT2D eigenvalue weighted by Gasteiger charge is 2.25. The number of aliphatic hydroxyl groups excluding tert-OH is 1. The van der Waals surface area contributed by atoms with E-state index >= 15 is 0 Å². The molecule has 4 nitrogen and oxygen atoms in total. The van der Waals surface area contributed by atoms with Gasteiger partial charge in [-0.3, -0.25) is 9.69 Å². The highest BCUT2D eigenvalue weighted by molar-refractivity contribution is 5.75. The van der Waals surface area contributed by atoms with E-state index in [-0.39, 0.29) is 18.6 Å². The minimum atomic E-state index is -0.196. The molecule has 0 amide bonds. The Hall–Kier alpha value is -0.610. The number of hydrogen-bond donors (Lipinski definition) is 1. The van der Waals surface area contributed by atoms with Gasteiger partial charge in [0.2, 0.25) is 0 Å². The summed E-state index contributed by atoms with van der Waals surface area (Å²) in [7, 11) is 0. The summed E-state index contributed by atoms with van der Waals surface area (Å²) in [5.74, 6) is -0.154. The molecule has 0 aliphatic rings. The summed E-state index contributed by atoms with van der Waals surface area (Å²) < 4.78 is 5.10. The summed E-state index contributed by atoms with van der Waals surface area (Å²) >= 11 is 0. The number of ether oxygens (including phenoxy) is 1. The number of carbonyl (C=O) groups excluding carboxylic acids is 1. The first-order valence-electron chi connectivity index (χ1n) is 6.72. The van der Waals surface area contributed by atoms with Crippen molar-refractivity contribution >= 4 is 5.97 Å². The lowest BCUT2D eigenvalue weighted by Gasteiger charge is -2.29. The van der Waals surface area contributed by atoms with Crippen LogP contribution in [0.15, 0.2) is 0 Å². The van der Waals surface area contributed by atoms with E-state index in [9.17, 15) is 4.79 Å². The summed E-state index contributed by atoms with van der Waals surface area (Å²) in [4.78, 5) is 13.9. The molecule has 17 heavy (non-hydrogen) atoms. The van der Waals surface area contributed by atoms with Crippen LogP contribution in [-0.4, -0.2) is 48.3 Å². The van der Waals surface area contributed by atoms with Crippen LogP contribution in [0.4, 0.5) is 0 Å². The van der Waals surface area contributed by atoms with E-state index in [1.54, 1.807) is 0 Å². The van der Waals surface area contributed by atoms with Gasteiger partial charge >= 0.3 is 5.97 Å². The molecule has 0 aliphatic carbocycles. The van der Waals surface area contributed by atoms with Gasteiger partial charge in [0.05, 0.1) is 13.2 Å². The molecule has 1 atom stereocenters. The average Bonchev–Trinajstić information content (AvgIpc) is 2.32. The average molecular weight is 245 g/mol. The zero-order valence-corrected chi connectivity index (χ0v) is 11.4. The molecule has 0 aromatic carbocycles. The van der Waals surface area contributed by atoms with Gasteiger partial charge < -0.3 is 9.84 Å². The number of aliphatic hydroxyl groups is 1. The number of rotatable bonds is 10. The molecular weight excluding hydrogens is 218 g/mol. The van der Waals surface area contributed by atoms with Crippen LogP contribution in [0.25, 0.3) is 0 Å². The van der Waals surface area contributed by atoms with E-state index in [0.29, 0.717) is 13.2 Å². The molecule has 0 aromatic rings. The third-order valence-corrected chi connectivity index (χ3v) is 2.75. The molecule has 0 aliphatic heterocycles. The molecule has 0 heterocycles. The fraction of sp³-hybridized carbons (Fsp3) is 0.923. The second-order valence-corrected chi connectivity index (χ2v) is 4.17. The Morgan fingerprint density at radius 3 is 2.41 bits per heavy atom. The molecule has 4 heteroatoms. The van der Waals surface area contributed by atoms with Crippen molar-refractivity contribution in [3.8, 4) is 0 Å². The molecule has 0 radical (unpaired) electrons. The molecule has 1 N–H and O–H groups in total. The standard InChI is InChI=1S/C13H27NO3/c1-4-7-9-14(10-11-15)12(8-5-2)13(16)17-6-3/h12,15H,4-11H2,1-3H3. The molecule has 0 bridgehead atoms. The lowest BCUT2D eigenvalue weighted by molar-refractivity contribution is -0.150. The zero-order valence-electron chi connectivity index (χ0n) is 11.4. The van der Waals surface area contributed by atoms with Crippen LogP contribution in [0, 0.1) is 0 Å². The Kier molecular flexibility index (Phi) is 10.2. The lowest BCUT2D eigenvalue weighted by Crippen LogP contribution is -2.44. The second kappa shape index (κ2) is 10.5. The van der Waals surface area contributed by atoms with Crippen LogP contribution in [-0.2, 0) is 9.53 Å². The maximum absolute atomic E-state index is 11.9. The number of unbranched alkanes of at least 4 members (excludes halogenated alkanes) is 1. The van der Waals surface area contributed by atoms with Gasteiger partial charge in [-0.05, 0) is 26.3 Å². The van der Waals surface area contributed by atoms with Gasteiger partial charge in [-0.2, -0.15) is 0 Å². The Balaban J connectivity index is 4.49. The summed E-state index contributed by atoms with van der Waals surface area (Å²) in [6, 6.07) is -0.196. The fourth-order valence-corrected chi connectivity index (χ4v) is 1.87. The molecule has 0 fully saturated rings. The van der Waals surface area contributed by atoms with Gasteiger partial charge in [0, 0.05) is 6.54 Å². The Labute approximate surface area is 105 Å².